The zero-order chi connectivity index (χ0) is 15.8. The first-order valence-electron chi connectivity index (χ1n) is 7.92. The zero-order valence-electron chi connectivity index (χ0n) is 12.7. The van der Waals surface area contributed by atoms with Gasteiger partial charge in [-0.25, -0.2) is 9.67 Å². The van der Waals surface area contributed by atoms with Crippen LogP contribution in [-0.2, 0) is 6.54 Å². The Morgan fingerprint density at radius 3 is 2.70 bits per heavy atom. The van der Waals surface area contributed by atoms with Gasteiger partial charge in [-0.15, -0.1) is 0 Å². The van der Waals surface area contributed by atoms with Crippen molar-refractivity contribution < 1.29 is 0 Å². The van der Waals surface area contributed by atoms with Crippen molar-refractivity contribution in [2.24, 2.45) is 5.92 Å². The second-order valence-electron chi connectivity index (χ2n) is 6.34. The maximum atomic E-state index is 12.0. The summed E-state index contributed by atoms with van der Waals surface area (Å²) in [6, 6.07) is 9.22. The molecule has 1 saturated carbocycles. The minimum Gasteiger partial charge on any atom is -0.356 e. The van der Waals surface area contributed by atoms with Gasteiger partial charge in [-0.3, -0.25) is 4.79 Å². The molecule has 2 aliphatic rings. The Hall–Kier alpha value is -2.68. The third-order valence-corrected chi connectivity index (χ3v) is 4.47. The van der Waals surface area contributed by atoms with Gasteiger partial charge in [0.1, 0.15) is 11.9 Å². The fourth-order valence-corrected chi connectivity index (χ4v) is 2.95. The SMILES string of the molecule is N#Cc1ccc(N2CC(Cn3nc(C4CC4)ccc3=O)C2)nc1. The van der Waals surface area contributed by atoms with Gasteiger partial charge in [0.05, 0.1) is 17.8 Å². The van der Waals surface area contributed by atoms with Crippen molar-refractivity contribution in [1.29, 1.82) is 5.26 Å². The van der Waals surface area contributed by atoms with Crippen LogP contribution in [0.2, 0.25) is 0 Å². The Labute approximate surface area is 134 Å². The molecule has 0 N–H and O–H groups in total. The van der Waals surface area contributed by atoms with E-state index in [-0.39, 0.29) is 5.56 Å². The Balaban J connectivity index is 1.39. The number of nitrogens with zero attached hydrogens (tertiary/aromatic N) is 5. The van der Waals surface area contributed by atoms with Gasteiger partial charge < -0.3 is 4.90 Å². The average Bonchev–Trinajstić information content (AvgIpc) is 3.37. The molecule has 2 aromatic heterocycles. The molecule has 6 nitrogen and oxygen atoms in total. The highest BCUT2D eigenvalue weighted by atomic mass is 16.1. The van der Waals surface area contributed by atoms with E-state index in [4.69, 9.17) is 5.26 Å². The first-order chi connectivity index (χ1) is 11.2. The first-order valence-corrected chi connectivity index (χ1v) is 7.92. The molecule has 116 valence electrons. The van der Waals surface area contributed by atoms with E-state index in [1.165, 1.54) is 12.8 Å². The Morgan fingerprint density at radius 1 is 1.22 bits per heavy atom. The van der Waals surface area contributed by atoms with Crippen molar-refractivity contribution in [3.05, 3.63) is 52.1 Å². The molecule has 1 saturated heterocycles. The second kappa shape index (κ2) is 5.51. The van der Waals surface area contributed by atoms with E-state index >= 15 is 0 Å². The normalized spacial score (nSPS) is 17.6. The van der Waals surface area contributed by atoms with Gasteiger partial charge in [0, 0.05) is 37.2 Å². The molecule has 0 bridgehead atoms. The van der Waals surface area contributed by atoms with E-state index in [2.05, 4.69) is 21.1 Å². The lowest BCUT2D eigenvalue weighted by Crippen LogP contribution is -2.50. The summed E-state index contributed by atoms with van der Waals surface area (Å²) in [6.45, 7) is 2.38. The van der Waals surface area contributed by atoms with Crippen LogP contribution in [0, 0.1) is 17.2 Å². The van der Waals surface area contributed by atoms with Crippen molar-refractivity contribution in [3.8, 4) is 6.07 Å². The Bertz CT molecular complexity index is 810. The molecule has 0 radical (unpaired) electrons. The monoisotopic (exact) mass is 307 g/mol. The van der Waals surface area contributed by atoms with Crippen molar-refractivity contribution in [2.75, 3.05) is 18.0 Å². The van der Waals surface area contributed by atoms with Crippen LogP contribution in [0.15, 0.2) is 35.3 Å². The van der Waals surface area contributed by atoms with Gasteiger partial charge in [-0.1, -0.05) is 0 Å². The Kier molecular flexibility index (Phi) is 3.34. The van der Waals surface area contributed by atoms with E-state index in [0.29, 0.717) is 23.9 Å². The standard InChI is InChI=1S/C17H17N5O/c18-7-12-1-5-16(19-8-12)21-9-13(10-21)11-22-17(23)6-4-15(20-22)14-2-3-14/h1,4-6,8,13-14H,2-3,9-11H2. The molecule has 4 rings (SSSR count). The highest BCUT2D eigenvalue weighted by molar-refractivity contribution is 5.44. The molecule has 0 spiro atoms. The molecule has 0 aromatic carbocycles. The third kappa shape index (κ3) is 2.82. The molecule has 0 atom stereocenters. The summed E-state index contributed by atoms with van der Waals surface area (Å²) in [4.78, 5) is 18.4. The number of nitriles is 1. The molecule has 1 aliphatic carbocycles. The third-order valence-electron chi connectivity index (χ3n) is 4.47. The van der Waals surface area contributed by atoms with Crippen molar-refractivity contribution in [2.45, 2.75) is 25.3 Å². The molecule has 3 heterocycles. The van der Waals surface area contributed by atoms with E-state index < -0.39 is 0 Å². The number of rotatable bonds is 4. The van der Waals surface area contributed by atoms with Crippen LogP contribution in [0.1, 0.15) is 30.0 Å². The number of anilines is 1. The molecule has 6 heteroatoms. The molecular weight excluding hydrogens is 290 g/mol. The number of pyridine rings is 1. The summed E-state index contributed by atoms with van der Waals surface area (Å²) in [5, 5.41) is 13.3. The minimum atomic E-state index is -0.0238. The summed E-state index contributed by atoms with van der Waals surface area (Å²) in [5.74, 6) is 1.85. The molecule has 2 fully saturated rings. The largest absolute Gasteiger partial charge is 0.356 e. The lowest BCUT2D eigenvalue weighted by atomic mass is 10.0. The molecule has 23 heavy (non-hydrogen) atoms. The lowest BCUT2D eigenvalue weighted by Gasteiger charge is -2.40. The summed E-state index contributed by atoms with van der Waals surface area (Å²) in [5.41, 5.74) is 1.59. The molecule has 0 amide bonds. The quantitative estimate of drug-likeness (QED) is 0.856. The van der Waals surface area contributed by atoms with E-state index in [1.54, 1.807) is 23.0 Å². The van der Waals surface area contributed by atoms with Gasteiger partial charge in [0.15, 0.2) is 0 Å². The van der Waals surface area contributed by atoms with Crippen LogP contribution < -0.4 is 10.5 Å². The molecule has 1 aliphatic heterocycles. The lowest BCUT2D eigenvalue weighted by molar-refractivity contribution is 0.331. The van der Waals surface area contributed by atoms with Gasteiger partial charge in [0.25, 0.3) is 5.56 Å². The fraction of sp³-hybridized carbons (Fsp3) is 0.412. The summed E-state index contributed by atoms with van der Waals surface area (Å²) in [7, 11) is 0. The van der Waals surface area contributed by atoms with Crippen molar-refractivity contribution >= 4 is 5.82 Å². The van der Waals surface area contributed by atoms with Crippen molar-refractivity contribution in [1.82, 2.24) is 14.8 Å². The molecular formula is C17H17N5O. The number of hydrogen-bond donors (Lipinski definition) is 0. The topological polar surface area (TPSA) is 74.8 Å². The molecule has 2 aromatic rings. The fourth-order valence-electron chi connectivity index (χ4n) is 2.95. The van der Waals surface area contributed by atoms with Crippen LogP contribution in [-0.4, -0.2) is 27.9 Å². The summed E-state index contributed by atoms with van der Waals surface area (Å²) >= 11 is 0. The second-order valence-corrected chi connectivity index (χ2v) is 6.34. The van der Waals surface area contributed by atoms with Gasteiger partial charge in [0.2, 0.25) is 0 Å². The van der Waals surface area contributed by atoms with Crippen LogP contribution in [0.25, 0.3) is 0 Å². The maximum absolute atomic E-state index is 12.0. The number of aromatic nitrogens is 3. The predicted octanol–water partition coefficient (Wildman–Crippen LogP) is 1.52. The van der Waals surface area contributed by atoms with Gasteiger partial charge >= 0.3 is 0 Å². The van der Waals surface area contributed by atoms with Crippen LogP contribution >= 0.6 is 0 Å². The maximum Gasteiger partial charge on any atom is 0.266 e. The predicted molar refractivity (Wildman–Crippen MR) is 85.1 cm³/mol. The zero-order valence-corrected chi connectivity index (χ0v) is 12.7. The first kappa shape index (κ1) is 13.9. The minimum absolute atomic E-state index is 0.0238. The highest BCUT2D eigenvalue weighted by Gasteiger charge is 2.30. The molecule has 0 unspecified atom stereocenters. The Morgan fingerprint density at radius 2 is 2.04 bits per heavy atom. The van der Waals surface area contributed by atoms with Crippen LogP contribution in [0.5, 0.6) is 0 Å². The number of hydrogen-bond acceptors (Lipinski definition) is 5. The van der Waals surface area contributed by atoms with E-state index in [1.807, 2.05) is 12.1 Å². The summed E-state index contributed by atoms with van der Waals surface area (Å²) < 4.78 is 1.61. The van der Waals surface area contributed by atoms with E-state index in [0.717, 1.165) is 24.6 Å². The van der Waals surface area contributed by atoms with Crippen LogP contribution in [0.3, 0.4) is 0 Å². The highest BCUT2D eigenvalue weighted by Crippen LogP contribution is 2.38. The van der Waals surface area contributed by atoms with Gasteiger partial charge in [-0.2, -0.15) is 10.4 Å². The van der Waals surface area contributed by atoms with Gasteiger partial charge in [-0.05, 0) is 31.0 Å². The van der Waals surface area contributed by atoms with E-state index in [9.17, 15) is 4.79 Å². The van der Waals surface area contributed by atoms with Crippen molar-refractivity contribution in [3.63, 3.8) is 0 Å². The van der Waals surface area contributed by atoms with Crippen LogP contribution in [0.4, 0.5) is 5.82 Å². The average molecular weight is 307 g/mol. The summed E-state index contributed by atoms with van der Waals surface area (Å²) in [6.07, 6.45) is 3.97. The smallest absolute Gasteiger partial charge is 0.266 e.